The number of para-hydroxylation sites is 3. The Morgan fingerprint density at radius 1 is 1.10 bits per heavy atom. The maximum Gasteiger partial charge on any atom is 0.256 e. The second kappa shape index (κ2) is 7.12. The lowest BCUT2D eigenvalue weighted by molar-refractivity contribution is 0.0703. The van der Waals surface area contributed by atoms with Gasteiger partial charge in [0.2, 0.25) is 0 Å². The van der Waals surface area contributed by atoms with Crippen molar-refractivity contribution in [2.45, 2.75) is 18.8 Å². The van der Waals surface area contributed by atoms with Crippen molar-refractivity contribution in [3.05, 3.63) is 66.2 Å². The minimum Gasteiger partial charge on any atom is -0.338 e. The minimum absolute atomic E-state index is 0.000404. The molecule has 0 aliphatic carbocycles. The van der Waals surface area contributed by atoms with Crippen LogP contribution in [0.1, 0.15) is 34.9 Å². The molecule has 5 rings (SSSR count). The van der Waals surface area contributed by atoms with Crippen molar-refractivity contribution in [2.24, 2.45) is 7.05 Å². The number of aromatic nitrogens is 6. The third-order valence-corrected chi connectivity index (χ3v) is 5.63. The number of amides is 1. The Kier molecular flexibility index (Phi) is 4.31. The summed E-state index contributed by atoms with van der Waals surface area (Å²) in [6.45, 7) is 1.39. The number of hydrogen-bond acceptors (Lipinski definition) is 5. The van der Waals surface area contributed by atoms with E-state index < -0.39 is 0 Å². The molecule has 1 amide bonds. The summed E-state index contributed by atoms with van der Waals surface area (Å²) in [7, 11) is 2.05. The molecule has 0 bridgehead atoms. The van der Waals surface area contributed by atoms with Gasteiger partial charge in [-0.1, -0.05) is 24.3 Å². The number of carbonyl (C=O) groups is 1. The van der Waals surface area contributed by atoms with Crippen LogP contribution in [0.2, 0.25) is 0 Å². The second-order valence-corrected chi connectivity index (χ2v) is 7.38. The normalized spacial score (nSPS) is 17.0. The van der Waals surface area contributed by atoms with E-state index in [9.17, 15) is 4.79 Å². The molecule has 2 aromatic heterocycles. The minimum atomic E-state index is -0.000404. The quantitative estimate of drug-likeness (QED) is 0.540. The number of piperidine rings is 1. The number of fused-ring (bicyclic) bond motifs is 1. The first-order valence-electron chi connectivity index (χ1n) is 9.75. The number of benzene rings is 2. The predicted octanol–water partition coefficient (Wildman–Crippen LogP) is 2.57. The molecule has 1 aliphatic rings. The van der Waals surface area contributed by atoms with Crippen LogP contribution in [-0.2, 0) is 7.05 Å². The molecule has 1 aliphatic heterocycles. The van der Waals surface area contributed by atoms with Gasteiger partial charge in [0.1, 0.15) is 12.2 Å². The highest BCUT2D eigenvalue weighted by atomic mass is 16.2. The van der Waals surface area contributed by atoms with Gasteiger partial charge in [-0.05, 0) is 47.5 Å². The van der Waals surface area contributed by atoms with Crippen molar-refractivity contribution in [3.63, 3.8) is 0 Å². The Morgan fingerprint density at radius 3 is 2.76 bits per heavy atom. The zero-order chi connectivity index (χ0) is 19.8. The van der Waals surface area contributed by atoms with Crippen LogP contribution in [0.25, 0.3) is 16.7 Å². The number of imidazole rings is 1. The van der Waals surface area contributed by atoms with Crippen LogP contribution >= 0.6 is 0 Å². The number of hydrogen-bond donors (Lipinski definition) is 0. The molecular weight excluding hydrogens is 366 g/mol. The summed E-state index contributed by atoms with van der Waals surface area (Å²) in [5.74, 6) is 1.25. The van der Waals surface area contributed by atoms with Crippen LogP contribution in [0.3, 0.4) is 0 Å². The van der Waals surface area contributed by atoms with E-state index in [0.29, 0.717) is 17.8 Å². The van der Waals surface area contributed by atoms with Gasteiger partial charge in [-0.15, -0.1) is 5.10 Å². The molecule has 0 N–H and O–H groups in total. The van der Waals surface area contributed by atoms with Crippen molar-refractivity contribution in [1.29, 1.82) is 0 Å². The van der Waals surface area contributed by atoms with Crippen molar-refractivity contribution in [3.8, 4) is 5.69 Å². The Hall–Kier alpha value is -3.55. The van der Waals surface area contributed by atoms with Crippen molar-refractivity contribution in [1.82, 2.24) is 34.7 Å². The maximum atomic E-state index is 13.4. The van der Waals surface area contributed by atoms with E-state index in [4.69, 9.17) is 4.98 Å². The maximum absolute atomic E-state index is 13.4. The molecule has 29 heavy (non-hydrogen) atoms. The molecule has 1 unspecified atom stereocenters. The van der Waals surface area contributed by atoms with Crippen molar-refractivity contribution < 1.29 is 4.79 Å². The Balaban J connectivity index is 1.44. The largest absolute Gasteiger partial charge is 0.338 e. The first kappa shape index (κ1) is 17.5. The molecule has 2 aromatic carbocycles. The zero-order valence-corrected chi connectivity index (χ0v) is 16.1. The second-order valence-electron chi connectivity index (χ2n) is 7.38. The van der Waals surface area contributed by atoms with Gasteiger partial charge in [-0.2, -0.15) is 4.68 Å². The lowest BCUT2D eigenvalue weighted by atomic mass is 9.96. The van der Waals surface area contributed by atoms with E-state index in [0.717, 1.165) is 36.2 Å². The van der Waals surface area contributed by atoms with E-state index in [-0.39, 0.29) is 11.8 Å². The summed E-state index contributed by atoms with van der Waals surface area (Å²) >= 11 is 0. The number of carbonyl (C=O) groups excluding carboxylic acids is 1. The summed E-state index contributed by atoms with van der Waals surface area (Å²) in [5, 5.41) is 11.3. The van der Waals surface area contributed by atoms with Gasteiger partial charge < -0.3 is 9.47 Å². The predicted molar refractivity (Wildman–Crippen MR) is 108 cm³/mol. The van der Waals surface area contributed by atoms with Crippen LogP contribution < -0.4 is 0 Å². The third-order valence-electron chi connectivity index (χ3n) is 5.63. The van der Waals surface area contributed by atoms with E-state index in [1.165, 1.54) is 11.0 Å². The highest BCUT2D eigenvalue weighted by molar-refractivity contribution is 5.97. The van der Waals surface area contributed by atoms with Gasteiger partial charge >= 0.3 is 0 Å². The number of nitrogens with zero attached hydrogens (tertiary/aromatic N) is 7. The van der Waals surface area contributed by atoms with E-state index in [1.54, 1.807) is 0 Å². The smallest absolute Gasteiger partial charge is 0.256 e. The molecule has 0 saturated carbocycles. The van der Waals surface area contributed by atoms with Gasteiger partial charge in [0.05, 0.1) is 22.3 Å². The number of tetrazole rings is 1. The first-order chi connectivity index (χ1) is 14.2. The molecule has 0 radical (unpaired) electrons. The lowest BCUT2D eigenvalue weighted by Crippen LogP contribution is -2.40. The Morgan fingerprint density at radius 2 is 1.93 bits per heavy atom. The standard InChI is InChI=1S/C21H21N7O/c1-26-19-11-5-3-9-17(19)23-20(26)15-7-6-12-27(13-15)21(29)16-8-2-4-10-18(16)28-14-22-24-25-28/h2-5,8-11,14-15H,6-7,12-13H2,1H3. The van der Waals surface area contributed by atoms with Crippen LogP contribution in [0, 0.1) is 0 Å². The molecule has 3 heterocycles. The summed E-state index contributed by atoms with van der Waals surface area (Å²) in [4.78, 5) is 20.1. The monoisotopic (exact) mass is 387 g/mol. The van der Waals surface area contributed by atoms with Crippen LogP contribution in [0.5, 0.6) is 0 Å². The summed E-state index contributed by atoms with van der Waals surface area (Å²) in [6.07, 6.45) is 3.48. The van der Waals surface area contributed by atoms with Crippen molar-refractivity contribution >= 4 is 16.9 Å². The van der Waals surface area contributed by atoms with E-state index >= 15 is 0 Å². The fraction of sp³-hybridized carbons (Fsp3) is 0.286. The lowest BCUT2D eigenvalue weighted by Gasteiger charge is -2.33. The average molecular weight is 387 g/mol. The highest BCUT2D eigenvalue weighted by Crippen LogP contribution is 2.30. The van der Waals surface area contributed by atoms with E-state index in [2.05, 4.69) is 33.2 Å². The Labute approximate surface area is 167 Å². The molecular formula is C21H21N7O. The van der Waals surface area contributed by atoms with Gasteiger partial charge in [-0.25, -0.2) is 4.98 Å². The summed E-state index contributed by atoms with van der Waals surface area (Å²) in [5.41, 5.74) is 3.41. The fourth-order valence-corrected chi connectivity index (χ4v) is 4.20. The number of likely N-dealkylation sites (tertiary alicyclic amines) is 1. The van der Waals surface area contributed by atoms with Crippen molar-refractivity contribution in [2.75, 3.05) is 13.1 Å². The zero-order valence-electron chi connectivity index (χ0n) is 16.1. The molecule has 1 atom stereocenters. The molecule has 1 fully saturated rings. The highest BCUT2D eigenvalue weighted by Gasteiger charge is 2.29. The molecule has 0 spiro atoms. The summed E-state index contributed by atoms with van der Waals surface area (Å²) in [6, 6.07) is 15.6. The number of rotatable bonds is 3. The van der Waals surface area contributed by atoms with Crippen LogP contribution in [-0.4, -0.2) is 53.7 Å². The molecule has 146 valence electrons. The van der Waals surface area contributed by atoms with E-state index in [1.807, 2.05) is 47.4 Å². The fourth-order valence-electron chi connectivity index (χ4n) is 4.20. The van der Waals surface area contributed by atoms with Gasteiger partial charge in [0, 0.05) is 26.1 Å². The number of aryl methyl sites for hydroxylation is 1. The summed E-state index contributed by atoms with van der Waals surface area (Å²) < 4.78 is 3.68. The topological polar surface area (TPSA) is 81.7 Å². The Bertz CT molecular complexity index is 1160. The third kappa shape index (κ3) is 3.06. The molecule has 4 aromatic rings. The van der Waals surface area contributed by atoms with Crippen LogP contribution in [0.15, 0.2) is 54.9 Å². The van der Waals surface area contributed by atoms with Gasteiger partial charge in [0.15, 0.2) is 0 Å². The molecule has 8 heteroatoms. The SMILES string of the molecule is Cn1c(C2CCCN(C(=O)c3ccccc3-n3cnnn3)C2)nc2ccccc21. The molecule has 8 nitrogen and oxygen atoms in total. The van der Waals surface area contributed by atoms with Gasteiger partial charge in [-0.3, -0.25) is 4.79 Å². The van der Waals surface area contributed by atoms with Crippen LogP contribution in [0.4, 0.5) is 0 Å². The van der Waals surface area contributed by atoms with Gasteiger partial charge in [0.25, 0.3) is 5.91 Å². The molecule has 1 saturated heterocycles. The average Bonchev–Trinajstić information content (AvgIpc) is 3.42. The first-order valence-corrected chi connectivity index (χ1v) is 9.75.